The molecule has 1 fully saturated rings. The second-order valence-electron chi connectivity index (χ2n) is 6.24. The van der Waals surface area contributed by atoms with Gasteiger partial charge in [-0.2, -0.15) is 0 Å². The molecule has 112 valence electrons. The smallest absolute Gasteiger partial charge is 0.122 e. The summed E-state index contributed by atoms with van der Waals surface area (Å²) >= 11 is 0. The lowest BCUT2D eigenvalue weighted by atomic mass is 9.98. The summed E-state index contributed by atoms with van der Waals surface area (Å²) in [4.78, 5) is 2.54. The summed E-state index contributed by atoms with van der Waals surface area (Å²) in [6.45, 7) is 11.2. The van der Waals surface area contributed by atoms with Gasteiger partial charge in [0, 0.05) is 13.1 Å². The Balaban J connectivity index is 1.84. The molecule has 20 heavy (non-hydrogen) atoms. The molecule has 1 aromatic carbocycles. The van der Waals surface area contributed by atoms with Crippen LogP contribution in [0.4, 0.5) is 0 Å². The summed E-state index contributed by atoms with van der Waals surface area (Å²) in [6, 6.07) is 8.50. The first kappa shape index (κ1) is 15.4. The first-order valence-corrected chi connectivity index (χ1v) is 8.14. The van der Waals surface area contributed by atoms with E-state index in [4.69, 9.17) is 4.74 Å². The van der Waals surface area contributed by atoms with Gasteiger partial charge in [0.1, 0.15) is 12.4 Å². The van der Waals surface area contributed by atoms with Crippen molar-refractivity contribution in [2.24, 2.45) is 5.92 Å². The predicted molar refractivity (Wildman–Crippen MR) is 85.5 cm³/mol. The number of hydrogen-bond donors (Lipinski definition) is 0. The highest BCUT2D eigenvalue weighted by atomic mass is 16.5. The molecule has 0 saturated carbocycles. The minimum Gasteiger partial charge on any atom is -0.492 e. The average Bonchev–Trinajstić information content (AvgIpc) is 2.47. The SMILES string of the molecule is CCC(C)c1ccccc1OCCN1CCCC(C)C1. The van der Waals surface area contributed by atoms with E-state index in [0.29, 0.717) is 5.92 Å². The van der Waals surface area contributed by atoms with Crippen molar-refractivity contribution >= 4 is 0 Å². The Labute approximate surface area is 124 Å². The third-order valence-electron chi connectivity index (χ3n) is 4.47. The summed E-state index contributed by atoms with van der Waals surface area (Å²) in [5.74, 6) is 2.49. The van der Waals surface area contributed by atoms with Crippen molar-refractivity contribution in [3.05, 3.63) is 29.8 Å². The Hall–Kier alpha value is -1.02. The molecular formula is C18H29NO. The molecule has 0 amide bonds. The van der Waals surface area contributed by atoms with E-state index in [1.54, 1.807) is 0 Å². The Kier molecular flexibility index (Phi) is 5.90. The molecule has 0 aromatic heterocycles. The Morgan fingerprint density at radius 1 is 1.35 bits per heavy atom. The quantitative estimate of drug-likeness (QED) is 0.767. The van der Waals surface area contributed by atoms with Crippen LogP contribution in [-0.2, 0) is 0 Å². The lowest BCUT2D eigenvalue weighted by Crippen LogP contribution is -2.37. The number of piperidine rings is 1. The Bertz CT molecular complexity index is 404. The van der Waals surface area contributed by atoms with Gasteiger partial charge < -0.3 is 4.74 Å². The van der Waals surface area contributed by atoms with Crippen LogP contribution < -0.4 is 4.74 Å². The van der Waals surface area contributed by atoms with E-state index < -0.39 is 0 Å². The Morgan fingerprint density at radius 2 is 2.15 bits per heavy atom. The van der Waals surface area contributed by atoms with Crippen molar-refractivity contribution < 1.29 is 4.74 Å². The number of rotatable bonds is 6. The molecule has 0 aliphatic carbocycles. The lowest BCUT2D eigenvalue weighted by molar-refractivity contribution is 0.153. The maximum absolute atomic E-state index is 6.06. The van der Waals surface area contributed by atoms with Crippen molar-refractivity contribution in [2.45, 2.75) is 46.0 Å². The third-order valence-corrected chi connectivity index (χ3v) is 4.47. The van der Waals surface area contributed by atoms with Crippen LogP contribution in [0.1, 0.15) is 51.5 Å². The van der Waals surface area contributed by atoms with Crippen LogP contribution in [0.5, 0.6) is 5.75 Å². The molecule has 1 aromatic rings. The molecule has 0 bridgehead atoms. The normalized spacial score (nSPS) is 21.6. The van der Waals surface area contributed by atoms with E-state index in [1.165, 1.54) is 31.5 Å². The lowest BCUT2D eigenvalue weighted by Gasteiger charge is -2.30. The van der Waals surface area contributed by atoms with Crippen molar-refractivity contribution in [1.82, 2.24) is 4.90 Å². The zero-order valence-electron chi connectivity index (χ0n) is 13.3. The van der Waals surface area contributed by atoms with Gasteiger partial charge in [0.25, 0.3) is 0 Å². The van der Waals surface area contributed by atoms with E-state index in [1.807, 2.05) is 0 Å². The average molecular weight is 275 g/mol. The molecule has 0 spiro atoms. The molecule has 0 radical (unpaired) electrons. The van der Waals surface area contributed by atoms with Gasteiger partial charge in [-0.3, -0.25) is 4.90 Å². The minimum atomic E-state index is 0.571. The van der Waals surface area contributed by atoms with Crippen LogP contribution in [0, 0.1) is 5.92 Å². The van der Waals surface area contributed by atoms with Gasteiger partial charge in [0.2, 0.25) is 0 Å². The van der Waals surface area contributed by atoms with Gasteiger partial charge in [-0.05, 0) is 49.3 Å². The molecule has 2 unspecified atom stereocenters. The second kappa shape index (κ2) is 7.68. The van der Waals surface area contributed by atoms with Crippen molar-refractivity contribution in [2.75, 3.05) is 26.2 Å². The highest BCUT2D eigenvalue weighted by Gasteiger charge is 2.16. The Morgan fingerprint density at radius 3 is 2.90 bits per heavy atom. The fourth-order valence-corrected chi connectivity index (χ4v) is 3.01. The standard InChI is InChI=1S/C18H29NO/c1-4-16(3)17-9-5-6-10-18(17)20-13-12-19-11-7-8-15(2)14-19/h5-6,9-10,15-16H,4,7-8,11-14H2,1-3H3. The molecule has 1 saturated heterocycles. The number of ether oxygens (including phenoxy) is 1. The number of para-hydroxylation sites is 1. The van der Waals surface area contributed by atoms with Gasteiger partial charge >= 0.3 is 0 Å². The van der Waals surface area contributed by atoms with E-state index in [2.05, 4.69) is 49.9 Å². The summed E-state index contributed by atoms with van der Waals surface area (Å²) in [5.41, 5.74) is 1.35. The predicted octanol–water partition coefficient (Wildman–Crippen LogP) is 4.31. The first-order valence-electron chi connectivity index (χ1n) is 8.14. The monoisotopic (exact) mass is 275 g/mol. The second-order valence-corrected chi connectivity index (χ2v) is 6.24. The maximum atomic E-state index is 6.06. The molecule has 1 aliphatic rings. The fraction of sp³-hybridized carbons (Fsp3) is 0.667. The fourth-order valence-electron chi connectivity index (χ4n) is 3.01. The summed E-state index contributed by atoms with van der Waals surface area (Å²) in [6.07, 6.45) is 3.88. The van der Waals surface area contributed by atoms with E-state index in [0.717, 1.165) is 31.2 Å². The van der Waals surface area contributed by atoms with Crippen LogP contribution in [0.2, 0.25) is 0 Å². The van der Waals surface area contributed by atoms with Gasteiger partial charge in [-0.15, -0.1) is 0 Å². The van der Waals surface area contributed by atoms with Gasteiger partial charge in [0.15, 0.2) is 0 Å². The highest BCUT2D eigenvalue weighted by molar-refractivity contribution is 5.35. The van der Waals surface area contributed by atoms with Crippen LogP contribution in [0.15, 0.2) is 24.3 Å². The zero-order valence-corrected chi connectivity index (χ0v) is 13.3. The third kappa shape index (κ3) is 4.24. The summed E-state index contributed by atoms with van der Waals surface area (Å²) < 4.78 is 6.06. The first-order chi connectivity index (χ1) is 9.70. The van der Waals surface area contributed by atoms with E-state index in [-0.39, 0.29) is 0 Å². The van der Waals surface area contributed by atoms with E-state index in [9.17, 15) is 0 Å². The van der Waals surface area contributed by atoms with Gasteiger partial charge in [-0.25, -0.2) is 0 Å². The zero-order chi connectivity index (χ0) is 14.4. The van der Waals surface area contributed by atoms with Crippen molar-refractivity contribution in [3.63, 3.8) is 0 Å². The molecular weight excluding hydrogens is 246 g/mol. The highest BCUT2D eigenvalue weighted by Crippen LogP contribution is 2.28. The van der Waals surface area contributed by atoms with Crippen LogP contribution in [-0.4, -0.2) is 31.1 Å². The molecule has 1 heterocycles. The van der Waals surface area contributed by atoms with Crippen molar-refractivity contribution in [1.29, 1.82) is 0 Å². The molecule has 1 aliphatic heterocycles. The molecule has 2 nitrogen and oxygen atoms in total. The summed E-state index contributed by atoms with van der Waals surface area (Å²) in [5, 5.41) is 0. The molecule has 2 atom stereocenters. The largest absolute Gasteiger partial charge is 0.492 e. The van der Waals surface area contributed by atoms with Gasteiger partial charge in [0.05, 0.1) is 0 Å². The number of likely N-dealkylation sites (tertiary alicyclic amines) is 1. The number of hydrogen-bond acceptors (Lipinski definition) is 2. The number of nitrogens with zero attached hydrogens (tertiary/aromatic N) is 1. The molecule has 0 N–H and O–H groups in total. The molecule has 2 rings (SSSR count). The maximum Gasteiger partial charge on any atom is 0.122 e. The van der Waals surface area contributed by atoms with Crippen LogP contribution >= 0.6 is 0 Å². The molecule has 2 heteroatoms. The minimum absolute atomic E-state index is 0.571. The topological polar surface area (TPSA) is 12.5 Å². The van der Waals surface area contributed by atoms with Crippen LogP contribution in [0.25, 0.3) is 0 Å². The van der Waals surface area contributed by atoms with Gasteiger partial charge in [-0.1, -0.05) is 39.0 Å². The summed E-state index contributed by atoms with van der Waals surface area (Å²) in [7, 11) is 0. The van der Waals surface area contributed by atoms with E-state index >= 15 is 0 Å². The van der Waals surface area contributed by atoms with Crippen molar-refractivity contribution in [3.8, 4) is 5.75 Å². The van der Waals surface area contributed by atoms with Crippen LogP contribution in [0.3, 0.4) is 0 Å². The number of benzene rings is 1.